The van der Waals surface area contributed by atoms with Crippen LogP contribution in [0.1, 0.15) is 28.9 Å². The average Bonchev–Trinajstić information content (AvgIpc) is 3.27. The number of benzene rings is 2. The fourth-order valence-corrected chi connectivity index (χ4v) is 5.00. The fourth-order valence-electron chi connectivity index (χ4n) is 4.66. The Morgan fingerprint density at radius 1 is 1.00 bits per heavy atom. The molecule has 41 heavy (non-hydrogen) atoms. The van der Waals surface area contributed by atoms with Crippen LogP contribution in [0, 0.1) is 0 Å². The Kier molecular flexibility index (Phi) is 8.71. The molecule has 210 valence electrons. The molecule has 5 N–H and O–H groups in total. The van der Waals surface area contributed by atoms with E-state index in [-0.39, 0.29) is 5.91 Å². The number of anilines is 1. The summed E-state index contributed by atoms with van der Waals surface area (Å²) in [7, 11) is 1.86. The summed E-state index contributed by atoms with van der Waals surface area (Å²) < 4.78 is 1.77. The normalized spacial score (nSPS) is 11.2. The van der Waals surface area contributed by atoms with Crippen molar-refractivity contribution in [3.8, 4) is 11.3 Å². The molecule has 0 aliphatic carbocycles. The van der Waals surface area contributed by atoms with Gasteiger partial charge in [-0.15, -0.1) is 0 Å². The first-order valence-corrected chi connectivity index (χ1v) is 13.8. The lowest BCUT2D eigenvalue weighted by Gasteiger charge is -2.12. The van der Waals surface area contributed by atoms with E-state index in [2.05, 4.69) is 26.0 Å². The second kappa shape index (κ2) is 12.8. The van der Waals surface area contributed by atoms with Gasteiger partial charge in [-0.2, -0.15) is 5.10 Å². The van der Waals surface area contributed by atoms with Crippen molar-refractivity contribution in [2.75, 3.05) is 25.0 Å². The van der Waals surface area contributed by atoms with Crippen molar-refractivity contribution in [2.24, 2.45) is 12.8 Å². The summed E-state index contributed by atoms with van der Waals surface area (Å²) in [5.41, 5.74) is 9.09. The van der Waals surface area contributed by atoms with Gasteiger partial charge in [0, 0.05) is 79.3 Å². The number of nitrogens with two attached hydrogens (primary N) is 1. The van der Waals surface area contributed by atoms with Gasteiger partial charge in [-0.1, -0.05) is 48.0 Å². The summed E-state index contributed by atoms with van der Waals surface area (Å²) in [6, 6.07) is 16.9. The van der Waals surface area contributed by atoms with Gasteiger partial charge < -0.3 is 21.7 Å². The number of nitrogens with zero attached hydrogens (tertiary/aromatic N) is 4. The molecule has 0 fully saturated rings. The number of fused-ring (bicyclic) bond motifs is 3. The van der Waals surface area contributed by atoms with Crippen molar-refractivity contribution in [3.05, 3.63) is 83.3 Å². The van der Waals surface area contributed by atoms with Crippen LogP contribution in [-0.4, -0.2) is 51.2 Å². The summed E-state index contributed by atoms with van der Waals surface area (Å²) in [6.45, 7) is 2.15. The minimum absolute atomic E-state index is 0.0297. The standard InChI is InChI=1S/C30H31ClN8O2/c1-39-25(27(31)28(38-39)19-6-3-2-4-7-19)18-34-15-11-26(40)35-12-5-13-36-30-22-10-14-33-17-23(22)21-9-8-20(29(32)41)16-24(21)37-30/h2-4,6-10,14,16-17,34H,5,11-13,15,18H2,1H3,(H2,32,41)(H,35,40)(H,36,37). The number of hydrogen-bond acceptors (Lipinski definition) is 7. The number of carbonyl (C=O) groups is 2. The quantitative estimate of drug-likeness (QED) is 0.131. The minimum Gasteiger partial charge on any atom is -0.369 e. The molecule has 0 unspecified atom stereocenters. The highest BCUT2D eigenvalue weighted by Gasteiger charge is 2.15. The Bertz CT molecular complexity index is 1700. The summed E-state index contributed by atoms with van der Waals surface area (Å²) in [6.07, 6.45) is 4.56. The highest BCUT2D eigenvalue weighted by Crippen LogP contribution is 2.30. The van der Waals surface area contributed by atoms with Crippen molar-refractivity contribution in [1.29, 1.82) is 0 Å². The lowest BCUT2D eigenvalue weighted by Crippen LogP contribution is -2.29. The van der Waals surface area contributed by atoms with E-state index in [1.165, 1.54) is 0 Å². The van der Waals surface area contributed by atoms with Gasteiger partial charge in [0.25, 0.3) is 0 Å². The third-order valence-corrected chi connectivity index (χ3v) is 7.22. The first-order chi connectivity index (χ1) is 19.9. The van der Waals surface area contributed by atoms with Gasteiger partial charge in [-0.25, -0.2) is 4.98 Å². The predicted molar refractivity (Wildman–Crippen MR) is 162 cm³/mol. The number of hydrogen-bond donors (Lipinski definition) is 4. The molecule has 2 aromatic carbocycles. The van der Waals surface area contributed by atoms with Crippen LogP contribution in [0.3, 0.4) is 0 Å². The molecule has 2 amide bonds. The summed E-state index contributed by atoms with van der Waals surface area (Å²) in [4.78, 5) is 33.0. The summed E-state index contributed by atoms with van der Waals surface area (Å²) in [5.74, 6) is 0.160. The van der Waals surface area contributed by atoms with Gasteiger partial charge in [0.05, 0.1) is 16.2 Å². The van der Waals surface area contributed by atoms with E-state index >= 15 is 0 Å². The second-order valence-corrected chi connectivity index (χ2v) is 10.0. The molecule has 5 rings (SSSR count). The SMILES string of the molecule is Cn1nc(-c2ccccc2)c(Cl)c1CNCCC(=O)NCCCNc1nc2cc(C(N)=O)ccc2c2cnccc12. The average molecular weight is 571 g/mol. The lowest BCUT2D eigenvalue weighted by molar-refractivity contribution is -0.121. The fraction of sp³-hybridized carbons (Fsp3) is 0.233. The van der Waals surface area contributed by atoms with Gasteiger partial charge in [0.2, 0.25) is 11.8 Å². The number of amides is 2. The highest BCUT2D eigenvalue weighted by atomic mass is 35.5. The zero-order chi connectivity index (χ0) is 28.8. The number of aromatic nitrogens is 4. The number of carbonyl (C=O) groups excluding carboxylic acids is 2. The van der Waals surface area contributed by atoms with Crippen LogP contribution < -0.4 is 21.7 Å². The molecular weight excluding hydrogens is 540 g/mol. The lowest BCUT2D eigenvalue weighted by atomic mass is 10.1. The third kappa shape index (κ3) is 6.45. The van der Waals surface area contributed by atoms with E-state index in [0.717, 1.165) is 33.1 Å². The van der Waals surface area contributed by atoms with Crippen LogP contribution in [0.15, 0.2) is 67.0 Å². The molecule has 0 radical (unpaired) electrons. The Morgan fingerprint density at radius 3 is 2.63 bits per heavy atom. The van der Waals surface area contributed by atoms with Crippen molar-refractivity contribution >= 4 is 50.9 Å². The molecule has 3 heterocycles. The van der Waals surface area contributed by atoms with Crippen molar-refractivity contribution in [2.45, 2.75) is 19.4 Å². The van der Waals surface area contributed by atoms with Gasteiger partial charge >= 0.3 is 0 Å². The third-order valence-electron chi connectivity index (χ3n) is 6.82. The molecule has 5 aromatic rings. The Morgan fingerprint density at radius 2 is 1.83 bits per heavy atom. The largest absolute Gasteiger partial charge is 0.369 e. The van der Waals surface area contributed by atoms with E-state index in [1.807, 2.05) is 49.5 Å². The molecule has 3 aromatic heterocycles. The van der Waals surface area contributed by atoms with Crippen LogP contribution in [0.4, 0.5) is 5.82 Å². The molecule has 0 saturated heterocycles. The molecule has 0 bridgehead atoms. The Hall–Kier alpha value is -4.54. The van der Waals surface area contributed by atoms with Crippen molar-refractivity contribution in [3.63, 3.8) is 0 Å². The van der Waals surface area contributed by atoms with E-state index in [4.69, 9.17) is 22.3 Å². The van der Waals surface area contributed by atoms with Gasteiger partial charge in [0.1, 0.15) is 11.5 Å². The number of rotatable bonds is 12. The number of pyridine rings is 2. The summed E-state index contributed by atoms with van der Waals surface area (Å²) in [5, 5.41) is 17.5. The van der Waals surface area contributed by atoms with E-state index in [1.54, 1.807) is 29.2 Å². The summed E-state index contributed by atoms with van der Waals surface area (Å²) >= 11 is 6.59. The minimum atomic E-state index is -0.501. The van der Waals surface area contributed by atoms with Crippen LogP contribution in [0.25, 0.3) is 32.9 Å². The van der Waals surface area contributed by atoms with Crippen LogP contribution in [0.5, 0.6) is 0 Å². The number of primary amides is 1. The smallest absolute Gasteiger partial charge is 0.248 e. The zero-order valence-electron chi connectivity index (χ0n) is 22.7. The van der Waals surface area contributed by atoms with Gasteiger partial charge in [0.15, 0.2) is 0 Å². The first kappa shape index (κ1) is 28.0. The van der Waals surface area contributed by atoms with Crippen LogP contribution in [-0.2, 0) is 18.4 Å². The molecule has 10 nitrogen and oxygen atoms in total. The maximum Gasteiger partial charge on any atom is 0.248 e. The molecule has 0 spiro atoms. The maximum atomic E-state index is 12.3. The van der Waals surface area contributed by atoms with E-state index < -0.39 is 5.91 Å². The highest BCUT2D eigenvalue weighted by molar-refractivity contribution is 6.33. The topological polar surface area (TPSA) is 140 Å². The number of aryl methyl sites for hydroxylation is 1. The number of halogens is 1. The monoisotopic (exact) mass is 570 g/mol. The van der Waals surface area contributed by atoms with Crippen molar-refractivity contribution < 1.29 is 9.59 Å². The molecule has 0 aliphatic heterocycles. The van der Waals surface area contributed by atoms with Crippen LogP contribution in [0.2, 0.25) is 5.02 Å². The molecule has 0 aliphatic rings. The molecule has 0 atom stereocenters. The second-order valence-electron chi connectivity index (χ2n) is 9.63. The molecular formula is C30H31ClN8O2. The van der Waals surface area contributed by atoms with Crippen molar-refractivity contribution in [1.82, 2.24) is 30.4 Å². The van der Waals surface area contributed by atoms with Gasteiger partial charge in [-0.05, 0) is 24.6 Å². The molecule has 11 heteroatoms. The molecule has 0 saturated carbocycles. The zero-order valence-corrected chi connectivity index (χ0v) is 23.4. The Balaban J connectivity index is 1.08. The van der Waals surface area contributed by atoms with Crippen LogP contribution >= 0.6 is 11.6 Å². The van der Waals surface area contributed by atoms with Gasteiger partial charge in [-0.3, -0.25) is 19.3 Å². The Labute approximate surface area is 242 Å². The first-order valence-electron chi connectivity index (χ1n) is 13.4. The predicted octanol–water partition coefficient (Wildman–Crippen LogP) is 4.03. The van der Waals surface area contributed by atoms with E-state index in [9.17, 15) is 9.59 Å². The maximum absolute atomic E-state index is 12.3. The number of nitrogens with one attached hydrogen (secondary N) is 3. The van der Waals surface area contributed by atoms with E-state index in [0.29, 0.717) is 60.9 Å².